The molecule has 1 heterocycles. The lowest BCUT2D eigenvalue weighted by atomic mass is 9.98. The second kappa shape index (κ2) is 11.2. The van der Waals surface area contributed by atoms with E-state index in [1.807, 2.05) is 38.2 Å². The van der Waals surface area contributed by atoms with Gasteiger partial charge in [0.15, 0.2) is 0 Å². The zero-order valence-corrected chi connectivity index (χ0v) is 19.9. The van der Waals surface area contributed by atoms with E-state index in [2.05, 4.69) is 4.90 Å². The van der Waals surface area contributed by atoms with Crippen LogP contribution in [-0.4, -0.2) is 73.5 Å². The number of carbonyl (C=O) groups excluding carboxylic acids is 2. The Balaban J connectivity index is 2.05. The summed E-state index contributed by atoms with van der Waals surface area (Å²) in [6.45, 7) is 9.95. The van der Waals surface area contributed by atoms with Gasteiger partial charge in [0.1, 0.15) is 5.60 Å². The Morgan fingerprint density at radius 3 is 2.06 bits per heavy atom. The number of hydrogen-bond donors (Lipinski definition) is 1. The van der Waals surface area contributed by atoms with Crippen molar-refractivity contribution >= 4 is 12.0 Å². The first-order valence-corrected chi connectivity index (χ1v) is 11.0. The van der Waals surface area contributed by atoms with Crippen molar-refractivity contribution in [1.82, 2.24) is 15.1 Å². The first-order valence-electron chi connectivity index (χ1n) is 11.0. The fourth-order valence-electron chi connectivity index (χ4n) is 3.70. The van der Waals surface area contributed by atoms with Gasteiger partial charge in [0.2, 0.25) is 0 Å². The molecule has 0 radical (unpaired) electrons. The van der Waals surface area contributed by atoms with Crippen LogP contribution in [0.3, 0.4) is 0 Å². The minimum absolute atomic E-state index is 0.0276. The average Bonchev–Trinajstić information content (AvgIpc) is 2.73. The summed E-state index contributed by atoms with van der Waals surface area (Å²) in [6, 6.07) is 6.45. The van der Waals surface area contributed by atoms with Gasteiger partial charge in [-0.25, -0.2) is 4.79 Å². The van der Waals surface area contributed by atoms with Gasteiger partial charge < -0.3 is 19.7 Å². The number of benzene rings is 1. The Kier molecular flexibility index (Phi) is 9.13. The molecule has 2 unspecified atom stereocenters. The minimum atomic E-state index is -4.92. The van der Waals surface area contributed by atoms with Crippen LogP contribution in [0.4, 0.5) is 18.0 Å². The van der Waals surface area contributed by atoms with Gasteiger partial charge in [0.25, 0.3) is 0 Å². The Morgan fingerprint density at radius 2 is 1.58 bits per heavy atom. The monoisotopic (exact) mass is 473 g/mol. The predicted octanol–water partition coefficient (Wildman–Crippen LogP) is 4.06. The maximum atomic E-state index is 12.5. The van der Waals surface area contributed by atoms with Gasteiger partial charge in [-0.1, -0.05) is 24.3 Å². The van der Waals surface area contributed by atoms with Crippen LogP contribution >= 0.6 is 0 Å². The molecule has 2 rings (SSSR count). The molecule has 10 heteroatoms. The Bertz CT molecular complexity index is 786. The van der Waals surface area contributed by atoms with Gasteiger partial charge >= 0.3 is 18.2 Å². The molecule has 0 spiro atoms. The molecule has 0 saturated carbocycles. The standard InChI is InChI=1S/C23H34F3N3O4/c1-16(27-20(30)23(24,25)26)17-6-8-18(9-7-17)19(10-15-32-5)28-11-13-29(14-12-28)21(31)33-22(2,3)4/h6-9,16,19H,10-15H2,1-5H3,(H,27,30). The van der Waals surface area contributed by atoms with Gasteiger partial charge in [-0.3, -0.25) is 9.69 Å². The molecule has 2 amide bonds. The molecule has 0 aliphatic carbocycles. The molecular formula is C23H34F3N3O4. The molecule has 1 fully saturated rings. The summed E-state index contributed by atoms with van der Waals surface area (Å²) in [5.41, 5.74) is 1.03. The van der Waals surface area contributed by atoms with Crippen LogP contribution in [0.5, 0.6) is 0 Å². The van der Waals surface area contributed by atoms with E-state index in [0.717, 1.165) is 12.0 Å². The molecule has 7 nitrogen and oxygen atoms in total. The number of alkyl halides is 3. The van der Waals surface area contributed by atoms with Crippen molar-refractivity contribution < 1.29 is 32.2 Å². The highest BCUT2D eigenvalue weighted by molar-refractivity contribution is 5.82. The number of piperazine rings is 1. The van der Waals surface area contributed by atoms with Crippen molar-refractivity contribution in [2.75, 3.05) is 39.9 Å². The Labute approximate surface area is 193 Å². The predicted molar refractivity (Wildman–Crippen MR) is 118 cm³/mol. The zero-order valence-electron chi connectivity index (χ0n) is 19.9. The quantitative estimate of drug-likeness (QED) is 0.647. The summed E-state index contributed by atoms with van der Waals surface area (Å²) < 4.78 is 48.3. The highest BCUT2D eigenvalue weighted by Crippen LogP contribution is 2.28. The number of methoxy groups -OCH3 is 1. The third-order valence-corrected chi connectivity index (χ3v) is 5.43. The topological polar surface area (TPSA) is 71.1 Å². The van der Waals surface area contributed by atoms with E-state index >= 15 is 0 Å². The summed E-state index contributed by atoms with van der Waals surface area (Å²) >= 11 is 0. The lowest BCUT2D eigenvalue weighted by Crippen LogP contribution is -2.51. The number of rotatable bonds is 7. The highest BCUT2D eigenvalue weighted by atomic mass is 19.4. The Hall–Kier alpha value is -2.33. The van der Waals surface area contributed by atoms with E-state index in [-0.39, 0.29) is 12.1 Å². The lowest BCUT2D eigenvalue weighted by molar-refractivity contribution is -0.174. The van der Waals surface area contributed by atoms with Crippen molar-refractivity contribution in [2.24, 2.45) is 0 Å². The number of nitrogens with zero attached hydrogens (tertiary/aromatic N) is 2. The molecule has 1 aromatic rings. The van der Waals surface area contributed by atoms with Gasteiger partial charge in [0.05, 0.1) is 6.04 Å². The molecular weight excluding hydrogens is 439 g/mol. The molecule has 1 aliphatic rings. The third kappa shape index (κ3) is 8.19. The summed E-state index contributed by atoms with van der Waals surface area (Å²) in [5, 5.41) is 1.97. The molecule has 2 atom stereocenters. The summed E-state index contributed by atoms with van der Waals surface area (Å²) in [7, 11) is 1.63. The van der Waals surface area contributed by atoms with Crippen molar-refractivity contribution in [2.45, 2.75) is 58.0 Å². The average molecular weight is 474 g/mol. The van der Waals surface area contributed by atoms with Gasteiger partial charge in [-0.15, -0.1) is 0 Å². The van der Waals surface area contributed by atoms with Crippen LogP contribution in [0.2, 0.25) is 0 Å². The highest BCUT2D eigenvalue weighted by Gasteiger charge is 2.39. The fourth-order valence-corrected chi connectivity index (χ4v) is 3.70. The number of ether oxygens (including phenoxy) is 2. The van der Waals surface area contributed by atoms with Crippen molar-refractivity contribution in [3.63, 3.8) is 0 Å². The van der Waals surface area contributed by atoms with Crippen LogP contribution < -0.4 is 5.32 Å². The summed E-state index contributed by atoms with van der Waals surface area (Å²) in [6.07, 6.45) is -4.52. The molecule has 33 heavy (non-hydrogen) atoms. The lowest BCUT2D eigenvalue weighted by Gasteiger charge is -2.40. The largest absolute Gasteiger partial charge is 0.471 e. The molecule has 1 N–H and O–H groups in total. The summed E-state index contributed by atoms with van der Waals surface area (Å²) in [5.74, 6) is -1.96. The van der Waals surface area contributed by atoms with Gasteiger partial charge in [0, 0.05) is 45.9 Å². The van der Waals surface area contributed by atoms with Gasteiger partial charge in [-0.2, -0.15) is 13.2 Å². The van der Waals surface area contributed by atoms with E-state index in [9.17, 15) is 22.8 Å². The third-order valence-electron chi connectivity index (χ3n) is 5.43. The number of hydrogen-bond acceptors (Lipinski definition) is 5. The van der Waals surface area contributed by atoms with Crippen LogP contribution in [0.1, 0.15) is 57.3 Å². The second-order valence-corrected chi connectivity index (χ2v) is 9.16. The normalized spacial score (nSPS) is 17.4. The second-order valence-electron chi connectivity index (χ2n) is 9.16. The van der Waals surface area contributed by atoms with E-state index in [1.165, 1.54) is 6.92 Å². The fraction of sp³-hybridized carbons (Fsp3) is 0.652. The zero-order chi connectivity index (χ0) is 24.8. The maximum absolute atomic E-state index is 12.5. The van der Waals surface area contributed by atoms with Gasteiger partial charge in [-0.05, 0) is 45.2 Å². The molecule has 1 aliphatic heterocycles. The number of carbonyl (C=O) groups is 2. The number of halogens is 3. The first-order chi connectivity index (χ1) is 15.3. The van der Waals surface area contributed by atoms with Crippen LogP contribution in [0, 0.1) is 0 Å². The van der Waals surface area contributed by atoms with Crippen molar-refractivity contribution in [3.8, 4) is 0 Å². The molecule has 0 bridgehead atoms. The van der Waals surface area contributed by atoms with Crippen molar-refractivity contribution in [1.29, 1.82) is 0 Å². The van der Waals surface area contributed by atoms with Crippen LogP contribution in [0.25, 0.3) is 0 Å². The minimum Gasteiger partial charge on any atom is -0.444 e. The smallest absolute Gasteiger partial charge is 0.444 e. The van der Waals surface area contributed by atoms with E-state index in [0.29, 0.717) is 38.3 Å². The van der Waals surface area contributed by atoms with Crippen LogP contribution in [0.15, 0.2) is 24.3 Å². The first kappa shape index (κ1) is 26.9. The molecule has 0 aromatic heterocycles. The molecule has 1 saturated heterocycles. The number of nitrogens with one attached hydrogen (secondary N) is 1. The molecule has 1 aromatic carbocycles. The van der Waals surface area contributed by atoms with Crippen molar-refractivity contribution in [3.05, 3.63) is 35.4 Å². The van der Waals surface area contributed by atoms with E-state index < -0.39 is 23.7 Å². The summed E-state index contributed by atoms with van der Waals surface area (Å²) in [4.78, 5) is 27.5. The van der Waals surface area contributed by atoms with E-state index in [1.54, 1.807) is 24.1 Å². The SMILES string of the molecule is COCCC(c1ccc(C(C)NC(=O)C(F)(F)F)cc1)N1CCN(C(=O)OC(C)(C)C)CC1. The van der Waals surface area contributed by atoms with E-state index in [4.69, 9.17) is 9.47 Å². The number of amides is 2. The molecule has 186 valence electrons. The maximum Gasteiger partial charge on any atom is 0.471 e. The van der Waals surface area contributed by atoms with Crippen LogP contribution in [-0.2, 0) is 14.3 Å². The Morgan fingerprint density at radius 1 is 1.03 bits per heavy atom.